The Labute approximate surface area is 139 Å². The molecule has 0 spiro atoms. The molecule has 3 N–H and O–H groups in total. The molecule has 124 valence electrons. The average molecular weight is 326 g/mol. The van der Waals surface area contributed by atoms with Gasteiger partial charge in [-0.1, -0.05) is 0 Å². The van der Waals surface area contributed by atoms with Crippen molar-refractivity contribution < 1.29 is 14.6 Å². The van der Waals surface area contributed by atoms with Gasteiger partial charge in [0.15, 0.2) is 0 Å². The third-order valence-electron chi connectivity index (χ3n) is 3.76. The Morgan fingerprint density at radius 1 is 1.46 bits per heavy atom. The largest absolute Gasteiger partial charge is 0.506 e. The first-order valence-corrected chi connectivity index (χ1v) is 7.49. The number of allylic oxidation sites excluding steroid dienone is 1. The standard InChI is InChI=1S/C17H18N4O3/c1-18-8-12(22)7-15-20-9-13(21-15)11-5-10-3-4-19-17(23)16(10)14(6-11)24-2/h5-9,22H,3-4H2,1-2H3,(H,19,23)(H,20,21)/b12-7+,18-8?. The molecule has 7 nitrogen and oxygen atoms in total. The number of carbonyl (C=O) groups is 1. The SMILES string of the molecule is CN=C/C(O)=C\c1ncc(-c2cc3c(c(OC)c2)C(=O)NCC3)[nH]1. The van der Waals surface area contributed by atoms with E-state index < -0.39 is 0 Å². The van der Waals surface area contributed by atoms with Gasteiger partial charge in [0.1, 0.15) is 17.3 Å². The number of hydrogen-bond donors (Lipinski definition) is 3. The van der Waals surface area contributed by atoms with E-state index in [1.807, 2.05) is 6.07 Å². The van der Waals surface area contributed by atoms with Crippen LogP contribution in [0.3, 0.4) is 0 Å². The van der Waals surface area contributed by atoms with Gasteiger partial charge in [-0.15, -0.1) is 0 Å². The molecule has 0 bridgehead atoms. The Hall–Kier alpha value is -3.09. The van der Waals surface area contributed by atoms with Crippen molar-refractivity contribution in [2.75, 3.05) is 20.7 Å². The highest BCUT2D eigenvalue weighted by molar-refractivity contribution is 6.00. The molecular weight excluding hydrogens is 308 g/mol. The maximum Gasteiger partial charge on any atom is 0.255 e. The topological polar surface area (TPSA) is 99.6 Å². The molecule has 2 aromatic rings. The fourth-order valence-electron chi connectivity index (χ4n) is 2.71. The fourth-order valence-corrected chi connectivity index (χ4v) is 2.71. The predicted molar refractivity (Wildman–Crippen MR) is 91.6 cm³/mol. The van der Waals surface area contributed by atoms with Crippen molar-refractivity contribution in [3.8, 4) is 17.0 Å². The van der Waals surface area contributed by atoms with Gasteiger partial charge in [0.2, 0.25) is 0 Å². The molecule has 1 amide bonds. The molecule has 0 saturated carbocycles. The number of H-pyrrole nitrogens is 1. The number of fused-ring (bicyclic) bond motifs is 1. The van der Waals surface area contributed by atoms with Crippen molar-refractivity contribution in [2.45, 2.75) is 6.42 Å². The lowest BCUT2D eigenvalue weighted by molar-refractivity contribution is 0.0942. The maximum atomic E-state index is 12.0. The third kappa shape index (κ3) is 3.01. The highest BCUT2D eigenvalue weighted by Gasteiger charge is 2.22. The lowest BCUT2D eigenvalue weighted by atomic mass is 9.96. The number of aliphatic hydroxyl groups excluding tert-OH is 1. The number of rotatable bonds is 4. The van der Waals surface area contributed by atoms with Gasteiger partial charge < -0.3 is 20.1 Å². The molecule has 1 aliphatic heterocycles. The summed E-state index contributed by atoms with van der Waals surface area (Å²) in [5, 5.41) is 12.5. The smallest absolute Gasteiger partial charge is 0.255 e. The van der Waals surface area contributed by atoms with Crippen LogP contribution in [0.15, 0.2) is 29.1 Å². The van der Waals surface area contributed by atoms with E-state index in [0.717, 1.165) is 23.2 Å². The summed E-state index contributed by atoms with van der Waals surface area (Å²) in [6.07, 6.45) is 5.24. The highest BCUT2D eigenvalue weighted by atomic mass is 16.5. The minimum atomic E-state index is -0.114. The molecule has 1 aromatic heterocycles. The third-order valence-corrected chi connectivity index (χ3v) is 3.76. The van der Waals surface area contributed by atoms with Crippen LogP contribution in [0.4, 0.5) is 0 Å². The molecule has 0 radical (unpaired) electrons. The number of imidazole rings is 1. The van der Waals surface area contributed by atoms with Crippen LogP contribution in [0.5, 0.6) is 5.75 Å². The van der Waals surface area contributed by atoms with E-state index in [9.17, 15) is 9.90 Å². The first-order chi connectivity index (χ1) is 11.6. The predicted octanol–water partition coefficient (Wildman–Crippen LogP) is 1.97. The molecule has 24 heavy (non-hydrogen) atoms. The lowest BCUT2D eigenvalue weighted by Gasteiger charge is -2.20. The summed E-state index contributed by atoms with van der Waals surface area (Å²) in [6, 6.07) is 3.77. The number of aliphatic hydroxyl groups is 1. The van der Waals surface area contributed by atoms with Crippen molar-refractivity contribution in [3.05, 3.63) is 41.0 Å². The van der Waals surface area contributed by atoms with Gasteiger partial charge >= 0.3 is 0 Å². The second-order valence-electron chi connectivity index (χ2n) is 5.36. The van der Waals surface area contributed by atoms with Gasteiger partial charge in [-0.25, -0.2) is 4.98 Å². The Kier molecular flexibility index (Phi) is 4.33. The van der Waals surface area contributed by atoms with Gasteiger partial charge in [0.25, 0.3) is 5.91 Å². The van der Waals surface area contributed by atoms with Gasteiger partial charge in [-0.3, -0.25) is 9.79 Å². The van der Waals surface area contributed by atoms with Crippen LogP contribution in [0.25, 0.3) is 17.3 Å². The lowest BCUT2D eigenvalue weighted by Crippen LogP contribution is -2.32. The van der Waals surface area contributed by atoms with Gasteiger partial charge in [-0.2, -0.15) is 0 Å². The summed E-state index contributed by atoms with van der Waals surface area (Å²) < 4.78 is 5.38. The minimum absolute atomic E-state index is 0.0121. The summed E-state index contributed by atoms with van der Waals surface area (Å²) >= 11 is 0. The normalized spacial score (nSPS) is 14.6. The summed E-state index contributed by atoms with van der Waals surface area (Å²) in [4.78, 5) is 23.1. The number of benzene rings is 1. The second-order valence-corrected chi connectivity index (χ2v) is 5.36. The van der Waals surface area contributed by atoms with E-state index in [1.165, 1.54) is 12.3 Å². The van der Waals surface area contributed by atoms with E-state index in [2.05, 4.69) is 20.3 Å². The Balaban J connectivity index is 2.00. The van der Waals surface area contributed by atoms with Crippen molar-refractivity contribution in [1.82, 2.24) is 15.3 Å². The van der Waals surface area contributed by atoms with Crippen LogP contribution >= 0.6 is 0 Å². The van der Waals surface area contributed by atoms with Crippen LogP contribution in [0.1, 0.15) is 21.7 Å². The first-order valence-electron chi connectivity index (χ1n) is 7.49. The van der Waals surface area contributed by atoms with Crippen LogP contribution in [0, 0.1) is 0 Å². The Morgan fingerprint density at radius 2 is 2.29 bits per heavy atom. The first kappa shape index (κ1) is 15.8. The minimum Gasteiger partial charge on any atom is -0.506 e. The second kappa shape index (κ2) is 6.57. The molecule has 1 aromatic carbocycles. The number of hydrogen-bond acceptors (Lipinski definition) is 5. The summed E-state index contributed by atoms with van der Waals surface area (Å²) in [7, 11) is 3.12. The zero-order valence-corrected chi connectivity index (χ0v) is 13.5. The van der Waals surface area contributed by atoms with Gasteiger partial charge in [0, 0.05) is 25.2 Å². The molecule has 2 heterocycles. The summed E-state index contributed by atoms with van der Waals surface area (Å²) in [5.74, 6) is 0.943. The highest BCUT2D eigenvalue weighted by Crippen LogP contribution is 2.31. The molecule has 0 unspecified atom stereocenters. The molecular formula is C17H18N4O3. The number of nitrogens with one attached hydrogen (secondary N) is 2. The van der Waals surface area contributed by atoms with Crippen LogP contribution in [0.2, 0.25) is 0 Å². The van der Waals surface area contributed by atoms with E-state index >= 15 is 0 Å². The Bertz CT molecular complexity index is 819. The monoisotopic (exact) mass is 326 g/mol. The zero-order valence-electron chi connectivity index (χ0n) is 13.5. The molecule has 0 atom stereocenters. The van der Waals surface area contributed by atoms with E-state index in [0.29, 0.717) is 23.7 Å². The fraction of sp³-hybridized carbons (Fsp3) is 0.235. The van der Waals surface area contributed by atoms with Crippen molar-refractivity contribution in [2.24, 2.45) is 4.99 Å². The zero-order chi connectivity index (χ0) is 17.1. The van der Waals surface area contributed by atoms with Crippen LogP contribution in [-0.4, -0.2) is 47.9 Å². The van der Waals surface area contributed by atoms with E-state index in [1.54, 1.807) is 26.4 Å². The molecule has 7 heteroatoms. The van der Waals surface area contributed by atoms with Crippen LogP contribution < -0.4 is 10.1 Å². The molecule has 0 saturated heterocycles. The average Bonchev–Trinajstić information content (AvgIpc) is 3.02. The summed E-state index contributed by atoms with van der Waals surface area (Å²) in [6.45, 7) is 0.611. The molecule has 0 aliphatic carbocycles. The Morgan fingerprint density at radius 3 is 3.04 bits per heavy atom. The number of amides is 1. The van der Waals surface area contributed by atoms with E-state index in [4.69, 9.17) is 4.74 Å². The van der Waals surface area contributed by atoms with Gasteiger partial charge in [0.05, 0.1) is 30.8 Å². The number of methoxy groups -OCH3 is 1. The maximum absolute atomic E-state index is 12.0. The van der Waals surface area contributed by atoms with E-state index in [-0.39, 0.29) is 11.7 Å². The van der Waals surface area contributed by atoms with Crippen LogP contribution in [-0.2, 0) is 6.42 Å². The quantitative estimate of drug-likeness (QED) is 0.591. The van der Waals surface area contributed by atoms with Crippen molar-refractivity contribution >= 4 is 18.2 Å². The number of aromatic nitrogens is 2. The number of carbonyl (C=O) groups excluding carboxylic acids is 1. The number of aromatic amines is 1. The number of ether oxygens (including phenoxy) is 1. The van der Waals surface area contributed by atoms with Crippen molar-refractivity contribution in [1.29, 1.82) is 0 Å². The molecule has 3 rings (SSSR count). The number of aliphatic imine (C=N–C) groups is 1. The molecule has 0 fully saturated rings. The number of nitrogens with zero attached hydrogens (tertiary/aromatic N) is 2. The summed E-state index contributed by atoms with van der Waals surface area (Å²) in [5.41, 5.74) is 3.18. The van der Waals surface area contributed by atoms with Crippen molar-refractivity contribution in [3.63, 3.8) is 0 Å². The van der Waals surface area contributed by atoms with Gasteiger partial charge in [-0.05, 0) is 24.1 Å². The molecule has 1 aliphatic rings.